The molecule has 0 atom stereocenters. The molecule has 0 bridgehead atoms. The summed E-state index contributed by atoms with van der Waals surface area (Å²) in [5.41, 5.74) is 2.95. The molecule has 2 N–H and O–H groups in total. The summed E-state index contributed by atoms with van der Waals surface area (Å²) in [6, 6.07) is 15.6. The third kappa shape index (κ3) is 8.49. The van der Waals surface area contributed by atoms with E-state index in [-0.39, 0.29) is 12.1 Å². The number of anilines is 1. The molecule has 9 heteroatoms. The van der Waals surface area contributed by atoms with Gasteiger partial charge in [0, 0.05) is 44.0 Å². The average molecular weight is 541 g/mol. The Hall–Kier alpha value is -3.04. The topological polar surface area (TPSA) is 91.0 Å². The predicted molar refractivity (Wildman–Crippen MR) is 152 cm³/mol. The number of urea groups is 1. The van der Waals surface area contributed by atoms with Gasteiger partial charge in [-0.15, -0.1) is 0 Å². The highest BCUT2D eigenvalue weighted by Crippen LogP contribution is 2.25. The van der Waals surface area contributed by atoms with Crippen LogP contribution in [0, 0.1) is 0 Å². The SMILES string of the molecule is CC(C)=CCN(C(=O)NC1CCC1)C1CCN(Cc2ccc(Oc3ccc(NS(C)(=O)=O)cc3)cc2)CC1. The number of rotatable bonds is 10. The lowest BCUT2D eigenvalue weighted by Gasteiger charge is -2.39. The van der Waals surface area contributed by atoms with E-state index in [0.717, 1.165) is 57.3 Å². The van der Waals surface area contributed by atoms with Crippen LogP contribution >= 0.6 is 0 Å². The minimum Gasteiger partial charge on any atom is -0.457 e. The number of ether oxygens (including phenoxy) is 1. The summed E-state index contributed by atoms with van der Waals surface area (Å²) in [6.07, 6.45) is 8.62. The minimum absolute atomic E-state index is 0.0857. The van der Waals surface area contributed by atoms with Crippen LogP contribution in [0.1, 0.15) is 51.5 Å². The summed E-state index contributed by atoms with van der Waals surface area (Å²) in [5, 5.41) is 3.23. The second kappa shape index (κ2) is 12.7. The molecule has 2 aliphatic rings. The summed E-state index contributed by atoms with van der Waals surface area (Å²) in [6.45, 7) is 7.61. The number of hydrogen-bond donors (Lipinski definition) is 2. The number of piperidine rings is 1. The highest BCUT2D eigenvalue weighted by atomic mass is 32.2. The van der Waals surface area contributed by atoms with Crippen molar-refractivity contribution in [3.63, 3.8) is 0 Å². The zero-order valence-electron chi connectivity index (χ0n) is 22.7. The van der Waals surface area contributed by atoms with Crippen molar-refractivity contribution < 1.29 is 17.9 Å². The smallest absolute Gasteiger partial charge is 0.318 e. The van der Waals surface area contributed by atoms with E-state index in [1.54, 1.807) is 24.3 Å². The van der Waals surface area contributed by atoms with E-state index in [1.165, 1.54) is 17.6 Å². The molecule has 38 heavy (non-hydrogen) atoms. The summed E-state index contributed by atoms with van der Waals surface area (Å²) in [4.78, 5) is 17.5. The van der Waals surface area contributed by atoms with E-state index in [4.69, 9.17) is 4.74 Å². The fourth-order valence-corrected chi connectivity index (χ4v) is 5.30. The van der Waals surface area contributed by atoms with E-state index in [2.05, 4.69) is 47.0 Å². The Morgan fingerprint density at radius 3 is 2.13 bits per heavy atom. The van der Waals surface area contributed by atoms with Gasteiger partial charge >= 0.3 is 6.03 Å². The van der Waals surface area contributed by atoms with Gasteiger partial charge in [-0.25, -0.2) is 13.2 Å². The molecule has 8 nitrogen and oxygen atoms in total. The van der Waals surface area contributed by atoms with E-state index in [9.17, 15) is 13.2 Å². The van der Waals surface area contributed by atoms with Crippen LogP contribution in [0.5, 0.6) is 11.5 Å². The second-order valence-electron chi connectivity index (χ2n) is 10.7. The maximum Gasteiger partial charge on any atom is 0.318 e. The quantitative estimate of drug-likeness (QED) is 0.397. The molecule has 4 rings (SSSR count). The first-order chi connectivity index (χ1) is 18.1. The number of carbonyl (C=O) groups excluding carboxylic acids is 1. The molecule has 0 spiro atoms. The van der Waals surface area contributed by atoms with Crippen LogP contribution in [-0.2, 0) is 16.6 Å². The van der Waals surface area contributed by atoms with E-state index >= 15 is 0 Å². The molecule has 2 aromatic carbocycles. The van der Waals surface area contributed by atoms with Gasteiger partial charge in [0.15, 0.2) is 0 Å². The maximum absolute atomic E-state index is 13.0. The van der Waals surface area contributed by atoms with E-state index < -0.39 is 10.0 Å². The van der Waals surface area contributed by atoms with Gasteiger partial charge in [0.1, 0.15) is 11.5 Å². The molecule has 2 amide bonds. The predicted octanol–water partition coefficient (Wildman–Crippen LogP) is 5.35. The standard InChI is InChI=1S/C29H40N4O4S/c1-22(2)15-20-33(29(34)30-24-5-4-6-24)26-16-18-32(19-17-26)21-23-7-11-27(12-8-23)37-28-13-9-25(10-14-28)31-38(3,35)36/h7-15,24,26,31H,4-6,16-21H2,1-3H3,(H,30,34). The van der Waals surface area contributed by atoms with Crippen molar-refractivity contribution in [3.8, 4) is 11.5 Å². The summed E-state index contributed by atoms with van der Waals surface area (Å²) >= 11 is 0. The van der Waals surface area contributed by atoms with Crippen LogP contribution in [-0.4, -0.2) is 62.2 Å². The lowest BCUT2D eigenvalue weighted by Crippen LogP contribution is -2.53. The maximum atomic E-state index is 13.0. The van der Waals surface area contributed by atoms with Crippen molar-refractivity contribution in [1.29, 1.82) is 0 Å². The first-order valence-electron chi connectivity index (χ1n) is 13.4. The van der Waals surface area contributed by atoms with Gasteiger partial charge in [0.2, 0.25) is 10.0 Å². The molecule has 0 aromatic heterocycles. The lowest BCUT2D eigenvalue weighted by atomic mass is 9.93. The zero-order valence-corrected chi connectivity index (χ0v) is 23.5. The second-order valence-corrected chi connectivity index (χ2v) is 12.4. The van der Waals surface area contributed by atoms with Gasteiger partial charge < -0.3 is 15.0 Å². The molecular formula is C29H40N4O4S. The number of benzene rings is 2. The van der Waals surface area contributed by atoms with Crippen LogP contribution in [0.2, 0.25) is 0 Å². The normalized spacial score (nSPS) is 16.8. The molecular weight excluding hydrogens is 500 g/mol. The van der Waals surface area contributed by atoms with Crippen molar-refractivity contribution >= 4 is 21.7 Å². The average Bonchev–Trinajstić information content (AvgIpc) is 2.84. The Morgan fingerprint density at radius 2 is 1.61 bits per heavy atom. The Kier molecular flexibility index (Phi) is 9.33. The van der Waals surface area contributed by atoms with Crippen LogP contribution < -0.4 is 14.8 Å². The van der Waals surface area contributed by atoms with Crippen molar-refractivity contribution in [2.45, 2.75) is 64.6 Å². The summed E-state index contributed by atoms with van der Waals surface area (Å²) in [5.74, 6) is 1.36. The highest BCUT2D eigenvalue weighted by Gasteiger charge is 2.29. The van der Waals surface area contributed by atoms with Crippen molar-refractivity contribution in [2.75, 3.05) is 30.6 Å². The van der Waals surface area contributed by atoms with Gasteiger partial charge in [0.05, 0.1) is 6.26 Å². The van der Waals surface area contributed by atoms with Gasteiger partial charge in [-0.05, 0) is 87.9 Å². The monoisotopic (exact) mass is 540 g/mol. The number of nitrogens with zero attached hydrogens (tertiary/aromatic N) is 2. The largest absolute Gasteiger partial charge is 0.457 e. The molecule has 1 saturated heterocycles. The molecule has 0 radical (unpaired) electrons. The fourth-order valence-electron chi connectivity index (χ4n) is 4.74. The Labute approximate surface area is 227 Å². The fraction of sp³-hybridized carbons (Fsp3) is 0.483. The Balaban J connectivity index is 1.27. The van der Waals surface area contributed by atoms with E-state index in [1.807, 2.05) is 17.0 Å². The van der Waals surface area contributed by atoms with Crippen LogP contribution in [0.15, 0.2) is 60.2 Å². The number of nitrogens with one attached hydrogen (secondary N) is 2. The van der Waals surface area contributed by atoms with Crippen molar-refractivity contribution in [2.24, 2.45) is 0 Å². The molecule has 1 aliphatic carbocycles. The summed E-state index contributed by atoms with van der Waals surface area (Å²) in [7, 11) is -3.30. The highest BCUT2D eigenvalue weighted by molar-refractivity contribution is 7.92. The Morgan fingerprint density at radius 1 is 1.00 bits per heavy atom. The number of likely N-dealkylation sites (tertiary alicyclic amines) is 1. The first kappa shape index (κ1) is 28.0. The number of hydrogen-bond acceptors (Lipinski definition) is 5. The van der Waals surface area contributed by atoms with E-state index in [0.29, 0.717) is 24.0 Å². The van der Waals surface area contributed by atoms with Gasteiger partial charge in [-0.2, -0.15) is 0 Å². The summed E-state index contributed by atoms with van der Waals surface area (Å²) < 4.78 is 31.1. The zero-order chi connectivity index (χ0) is 27.1. The molecule has 0 unspecified atom stereocenters. The van der Waals surface area contributed by atoms with Crippen LogP contribution in [0.25, 0.3) is 0 Å². The molecule has 2 aromatic rings. The molecule has 1 aliphatic heterocycles. The van der Waals surface area contributed by atoms with Crippen molar-refractivity contribution in [3.05, 3.63) is 65.7 Å². The van der Waals surface area contributed by atoms with Crippen molar-refractivity contribution in [1.82, 2.24) is 15.1 Å². The van der Waals surface area contributed by atoms with Crippen LogP contribution in [0.3, 0.4) is 0 Å². The molecule has 206 valence electrons. The molecule has 1 heterocycles. The third-order valence-electron chi connectivity index (χ3n) is 7.11. The number of sulfonamides is 1. The first-order valence-corrected chi connectivity index (χ1v) is 15.3. The van der Waals surface area contributed by atoms with Gasteiger partial charge in [0.25, 0.3) is 0 Å². The Bertz CT molecular complexity index is 1200. The lowest BCUT2D eigenvalue weighted by molar-refractivity contribution is 0.119. The number of carbonyl (C=O) groups is 1. The molecule has 2 fully saturated rings. The minimum atomic E-state index is -3.30. The molecule has 1 saturated carbocycles. The number of allylic oxidation sites excluding steroid dienone is 1. The van der Waals surface area contributed by atoms with Gasteiger partial charge in [-0.3, -0.25) is 9.62 Å². The number of amides is 2. The third-order valence-corrected chi connectivity index (χ3v) is 7.72. The van der Waals surface area contributed by atoms with Crippen LogP contribution in [0.4, 0.5) is 10.5 Å². The van der Waals surface area contributed by atoms with Gasteiger partial charge in [-0.1, -0.05) is 23.8 Å².